The molecule has 0 unspecified atom stereocenters. The third-order valence-corrected chi connectivity index (χ3v) is 4.39. The number of nitrogens with one attached hydrogen (secondary N) is 1. The van der Waals surface area contributed by atoms with Crippen LogP contribution < -0.4 is 5.32 Å². The second-order valence-corrected chi connectivity index (χ2v) is 5.90. The van der Waals surface area contributed by atoms with Gasteiger partial charge in [0, 0.05) is 13.0 Å². The van der Waals surface area contributed by atoms with Crippen molar-refractivity contribution in [2.45, 2.75) is 69.8 Å². The van der Waals surface area contributed by atoms with Gasteiger partial charge >= 0.3 is 0 Å². The lowest BCUT2D eigenvalue weighted by Crippen LogP contribution is -2.47. The fourth-order valence-electron chi connectivity index (χ4n) is 2.96. The molecule has 0 atom stereocenters. The summed E-state index contributed by atoms with van der Waals surface area (Å²) >= 11 is 0. The minimum absolute atomic E-state index is 0.114. The standard InChI is InChI=1S/C14H25NO2/c16-13(15-11-14(17)9-4-10-14)8-3-7-12-5-1-2-6-12/h12,17H,1-11H2,(H,15,16). The Hall–Kier alpha value is -0.570. The van der Waals surface area contributed by atoms with Crippen LogP contribution in [-0.4, -0.2) is 23.2 Å². The summed E-state index contributed by atoms with van der Waals surface area (Å²) in [6.45, 7) is 0.454. The number of rotatable bonds is 6. The van der Waals surface area contributed by atoms with Crippen molar-refractivity contribution in [2.75, 3.05) is 6.54 Å². The molecule has 0 radical (unpaired) electrons. The van der Waals surface area contributed by atoms with Crippen LogP contribution in [0.2, 0.25) is 0 Å². The molecule has 0 aromatic heterocycles. The number of hydrogen-bond donors (Lipinski definition) is 2. The van der Waals surface area contributed by atoms with Crippen molar-refractivity contribution >= 4 is 5.91 Å². The average molecular weight is 239 g/mol. The van der Waals surface area contributed by atoms with E-state index < -0.39 is 5.60 Å². The lowest BCUT2D eigenvalue weighted by molar-refractivity contribution is -0.123. The van der Waals surface area contributed by atoms with Gasteiger partial charge in [-0.05, 0) is 38.0 Å². The van der Waals surface area contributed by atoms with Crippen LogP contribution in [0.4, 0.5) is 0 Å². The smallest absolute Gasteiger partial charge is 0.220 e. The number of carbonyl (C=O) groups is 1. The van der Waals surface area contributed by atoms with E-state index in [1.807, 2.05) is 0 Å². The predicted octanol–water partition coefficient (Wildman–Crippen LogP) is 2.38. The van der Waals surface area contributed by atoms with Crippen molar-refractivity contribution in [3.63, 3.8) is 0 Å². The van der Waals surface area contributed by atoms with Crippen molar-refractivity contribution in [1.82, 2.24) is 5.32 Å². The highest BCUT2D eigenvalue weighted by atomic mass is 16.3. The van der Waals surface area contributed by atoms with Crippen molar-refractivity contribution < 1.29 is 9.90 Å². The highest BCUT2D eigenvalue weighted by Crippen LogP contribution is 2.31. The molecule has 0 bridgehead atoms. The van der Waals surface area contributed by atoms with Crippen molar-refractivity contribution in [2.24, 2.45) is 5.92 Å². The lowest BCUT2D eigenvalue weighted by Gasteiger charge is -2.36. The van der Waals surface area contributed by atoms with Gasteiger partial charge in [-0.25, -0.2) is 0 Å². The normalized spacial score (nSPS) is 23.4. The highest BCUT2D eigenvalue weighted by molar-refractivity contribution is 5.75. The van der Waals surface area contributed by atoms with Gasteiger partial charge in [0.25, 0.3) is 0 Å². The maximum atomic E-state index is 11.6. The van der Waals surface area contributed by atoms with Crippen LogP contribution in [0, 0.1) is 5.92 Å². The van der Waals surface area contributed by atoms with E-state index in [2.05, 4.69) is 5.32 Å². The van der Waals surface area contributed by atoms with Gasteiger partial charge in [-0.3, -0.25) is 4.79 Å². The zero-order chi connectivity index (χ0) is 12.1. The molecule has 0 aromatic rings. The molecule has 1 amide bonds. The van der Waals surface area contributed by atoms with E-state index in [0.29, 0.717) is 13.0 Å². The first kappa shape index (κ1) is 12.9. The summed E-state index contributed by atoms with van der Waals surface area (Å²) in [5, 5.41) is 12.7. The zero-order valence-corrected chi connectivity index (χ0v) is 10.7. The highest BCUT2D eigenvalue weighted by Gasteiger charge is 2.34. The molecule has 2 aliphatic rings. The second-order valence-electron chi connectivity index (χ2n) is 5.90. The minimum Gasteiger partial charge on any atom is -0.388 e. The maximum absolute atomic E-state index is 11.6. The molecule has 2 aliphatic carbocycles. The van der Waals surface area contributed by atoms with Crippen molar-refractivity contribution in [3.05, 3.63) is 0 Å². The molecule has 2 N–H and O–H groups in total. The molecule has 3 nitrogen and oxygen atoms in total. The first-order valence-corrected chi connectivity index (χ1v) is 7.17. The molecular formula is C14H25NO2. The van der Waals surface area contributed by atoms with E-state index >= 15 is 0 Å². The fraction of sp³-hybridized carbons (Fsp3) is 0.929. The van der Waals surface area contributed by atoms with Gasteiger partial charge in [0.1, 0.15) is 0 Å². The van der Waals surface area contributed by atoms with E-state index in [9.17, 15) is 9.90 Å². The fourth-order valence-corrected chi connectivity index (χ4v) is 2.96. The van der Waals surface area contributed by atoms with E-state index in [1.165, 1.54) is 32.1 Å². The van der Waals surface area contributed by atoms with Crippen LogP contribution in [0.3, 0.4) is 0 Å². The Morgan fingerprint density at radius 3 is 2.53 bits per heavy atom. The maximum Gasteiger partial charge on any atom is 0.220 e. The Balaban J connectivity index is 1.51. The summed E-state index contributed by atoms with van der Waals surface area (Å²) in [6.07, 6.45) is 11.1. The third kappa shape index (κ3) is 3.98. The second kappa shape index (κ2) is 5.85. The Labute approximate surface area is 104 Å². The van der Waals surface area contributed by atoms with Crippen LogP contribution in [0.15, 0.2) is 0 Å². The van der Waals surface area contributed by atoms with Crippen LogP contribution in [0.1, 0.15) is 64.2 Å². The van der Waals surface area contributed by atoms with Crippen LogP contribution >= 0.6 is 0 Å². The predicted molar refractivity (Wildman–Crippen MR) is 67.6 cm³/mol. The van der Waals surface area contributed by atoms with Gasteiger partial charge in [-0.2, -0.15) is 0 Å². The van der Waals surface area contributed by atoms with E-state index in [-0.39, 0.29) is 5.91 Å². The lowest BCUT2D eigenvalue weighted by atomic mass is 9.80. The summed E-state index contributed by atoms with van der Waals surface area (Å²) < 4.78 is 0. The zero-order valence-electron chi connectivity index (χ0n) is 10.7. The Morgan fingerprint density at radius 2 is 1.94 bits per heavy atom. The Morgan fingerprint density at radius 1 is 1.24 bits per heavy atom. The molecule has 2 saturated carbocycles. The van der Waals surface area contributed by atoms with Crippen LogP contribution in [0.25, 0.3) is 0 Å². The number of carbonyl (C=O) groups excluding carboxylic acids is 1. The molecule has 2 rings (SSSR count). The van der Waals surface area contributed by atoms with Gasteiger partial charge in [0.05, 0.1) is 5.60 Å². The van der Waals surface area contributed by atoms with Gasteiger partial charge in [-0.15, -0.1) is 0 Å². The Bertz CT molecular complexity index is 255. The van der Waals surface area contributed by atoms with Crippen molar-refractivity contribution in [3.8, 4) is 0 Å². The first-order valence-electron chi connectivity index (χ1n) is 7.17. The quantitative estimate of drug-likeness (QED) is 0.747. The van der Waals surface area contributed by atoms with E-state index in [1.54, 1.807) is 0 Å². The van der Waals surface area contributed by atoms with Gasteiger partial charge in [0.15, 0.2) is 0 Å². The van der Waals surface area contributed by atoms with Crippen LogP contribution in [0.5, 0.6) is 0 Å². The SMILES string of the molecule is O=C(CCCC1CCCC1)NCC1(O)CCC1. The van der Waals surface area contributed by atoms with E-state index in [4.69, 9.17) is 0 Å². The molecule has 3 heteroatoms. The summed E-state index contributed by atoms with van der Waals surface area (Å²) in [7, 11) is 0. The summed E-state index contributed by atoms with van der Waals surface area (Å²) in [6, 6.07) is 0. The number of aliphatic hydroxyl groups is 1. The largest absolute Gasteiger partial charge is 0.388 e. The first-order chi connectivity index (χ1) is 8.18. The Kier molecular flexibility index (Phi) is 4.43. The molecule has 0 saturated heterocycles. The third-order valence-electron chi connectivity index (χ3n) is 4.39. The molecule has 2 fully saturated rings. The van der Waals surface area contributed by atoms with Gasteiger partial charge < -0.3 is 10.4 Å². The molecule has 0 aliphatic heterocycles. The number of hydrogen-bond acceptors (Lipinski definition) is 2. The van der Waals surface area contributed by atoms with Gasteiger partial charge in [0.2, 0.25) is 5.91 Å². The summed E-state index contributed by atoms with van der Waals surface area (Å²) in [5.41, 5.74) is -0.582. The van der Waals surface area contributed by atoms with Crippen LogP contribution in [-0.2, 0) is 4.79 Å². The summed E-state index contributed by atoms with van der Waals surface area (Å²) in [4.78, 5) is 11.6. The molecular weight excluding hydrogens is 214 g/mol. The minimum atomic E-state index is -0.582. The monoisotopic (exact) mass is 239 g/mol. The molecule has 0 spiro atoms. The average Bonchev–Trinajstić information content (AvgIpc) is 2.77. The molecule has 0 heterocycles. The molecule has 0 aromatic carbocycles. The molecule has 17 heavy (non-hydrogen) atoms. The number of amides is 1. The van der Waals surface area contributed by atoms with Gasteiger partial charge in [-0.1, -0.05) is 25.7 Å². The molecule has 98 valence electrons. The topological polar surface area (TPSA) is 49.3 Å². The summed E-state index contributed by atoms with van der Waals surface area (Å²) in [5.74, 6) is 0.988. The van der Waals surface area contributed by atoms with Crippen molar-refractivity contribution in [1.29, 1.82) is 0 Å². The van der Waals surface area contributed by atoms with E-state index in [0.717, 1.165) is 31.6 Å².